The average molecular weight is 437 g/mol. The normalized spacial score (nSPS) is 28.5. The van der Waals surface area contributed by atoms with Gasteiger partial charge in [0.15, 0.2) is 0 Å². The monoisotopic (exact) mass is 435 g/mol. The smallest absolute Gasteiger partial charge is 0.229 e. The summed E-state index contributed by atoms with van der Waals surface area (Å²) in [6.45, 7) is -0.383. The van der Waals surface area contributed by atoms with Gasteiger partial charge in [-0.15, -0.1) is 0 Å². The highest BCUT2D eigenvalue weighted by Gasteiger charge is 2.44. The highest BCUT2D eigenvalue weighted by Crippen LogP contribution is 2.36. The molecule has 2 aromatic rings. The van der Waals surface area contributed by atoms with Crippen LogP contribution in [0.2, 0.25) is 0 Å². The number of aromatic nitrogens is 1. The van der Waals surface area contributed by atoms with E-state index >= 15 is 0 Å². The molecule has 8 heteroatoms. The van der Waals surface area contributed by atoms with Gasteiger partial charge in [-0.05, 0) is 44.0 Å². The van der Waals surface area contributed by atoms with E-state index in [2.05, 4.69) is 31.9 Å². The number of aliphatic hydroxyl groups is 3. The Morgan fingerprint density at radius 1 is 1.23 bits per heavy atom. The third-order valence-corrected chi connectivity index (χ3v) is 5.58. The van der Waals surface area contributed by atoms with Crippen molar-refractivity contribution in [1.82, 2.24) is 4.57 Å². The van der Waals surface area contributed by atoms with Crippen LogP contribution in [0.3, 0.4) is 0 Å². The minimum absolute atomic E-state index is 0.383. The first-order valence-electron chi connectivity index (χ1n) is 6.65. The predicted molar refractivity (Wildman–Crippen MR) is 86.7 cm³/mol. The summed E-state index contributed by atoms with van der Waals surface area (Å²) in [6, 6.07) is 3.85. The molecule has 0 aliphatic carbocycles. The van der Waals surface area contributed by atoms with Gasteiger partial charge in [-0.1, -0.05) is 0 Å². The summed E-state index contributed by atoms with van der Waals surface area (Å²) < 4.78 is 14.7. The number of fused-ring (bicyclic) bond motifs is 1. The van der Waals surface area contributed by atoms with Crippen LogP contribution in [0.1, 0.15) is 0 Å². The van der Waals surface area contributed by atoms with Crippen LogP contribution in [0.5, 0.6) is 5.75 Å². The Morgan fingerprint density at radius 3 is 2.55 bits per heavy atom. The number of aryl methyl sites for hydroxylation is 1. The first-order valence-corrected chi connectivity index (χ1v) is 8.24. The van der Waals surface area contributed by atoms with Crippen molar-refractivity contribution < 1.29 is 24.8 Å². The summed E-state index contributed by atoms with van der Waals surface area (Å²) in [7, 11) is 1.88. The Kier molecular flexibility index (Phi) is 4.50. The highest BCUT2D eigenvalue weighted by molar-refractivity contribution is 9.13. The molecule has 2 heterocycles. The Morgan fingerprint density at radius 2 is 1.91 bits per heavy atom. The maximum atomic E-state index is 9.96. The molecule has 6 nitrogen and oxygen atoms in total. The number of benzene rings is 1. The van der Waals surface area contributed by atoms with E-state index in [0.29, 0.717) is 5.75 Å². The molecule has 22 heavy (non-hydrogen) atoms. The molecule has 0 unspecified atom stereocenters. The topological polar surface area (TPSA) is 84.1 Å². The number of hydrogen-bond donors (Lipinski definition) is 3. The fourth-order valence-corrected chi connectivity index (χ4v) is 3.20. The maximum Gasteiger partial charge on any atom is 0.229 e. The van der Waals surface area contributed by atoms with Gasteiger partial charge < -0.3 is 29.4 Å². The number of aliphatic hydroxyl groups excluding tert-OH is 3. The lowest BCUT2D eigenvalue weighted by molar-refractivity contribution is -0.115. The molecule has 0 spiro atoms. The molecule has 1 aromatic carbocycles. The second-order valence-corrected chi connectivity index (χ2v) is 6.92. The van der Waals surface area contributed by atoms with Crippen LogP contribution in [-0.4, -0.2) is 51.1 Å². The van der Waals surface area contributed by atoms with Crippen molar-refractivity contribution in [2.45, 2.75) is 24.6 Å². The van der Waals surface area contributed by atoms with Gasteiger partial charge in [0.05, 0.1) is 12.1 Å². The zero-order valence-electron chi connectivity index (χ0n) is 11.6. The van der Waals surface area contributed by atoms with E-state index in [1.165, 1.54) is 0 Å². The lowest BCUT2D eigenvalue weighted by Crippen LogP contribution is -2.35. The minimum Gasteiger partial charge on any atom is -0.460 e. The van der Waals surface area contributed by atoms with Crippen molar-refractivity contribution in [1.29, 1.82) is 0 Å². The van der Waals surface area contributed by atoms with Crippen molar-refractivity contribution in [2.24, 2.45) is 7.05 Å². The molecule has 120 valence electrons. The van der Waals surface area contributed by atoms with Gasteiger partial charge in [0, 0.05) is 27.6 Å². The summed E-state index contributed by atoms with van der Waals surface area (Å²) >= 11 is 6.91. The number of nitrogens with zero attached hydrogens (tertiary/aromatic N) is 1. The van der Waals surface area contributed by atoms with Gasteiger partial charge in [0.2, 0.25) is 6.29 Å². The van der Waals surface area contributed by atoms with Gasteiger partial charge in [0.1, 0.15) is 24.1 Å². The Balaban J connectivity index is 1.93. The van der Waals surface area contributed by atoms with Crippen LogP contribution in [0, 0.1) is 0 Å². The standard InChI is InChI=1S/C14H15Br2NO5/c1-17-4-10(6-2-7(15)8(16)3-9(6)17)21-14-13(20)12(19)11(5-18)22-14/h2-4,11-14,18-20H,5H2,1H3/t11-,12-,13-,14-/m1/s1. The van der Waals surface area contributed by atoms with Crippen LogP contribution < -0.4 is 4.74 Å². The van der Waals surface area contributed by atoms with E-state index in [1.807, 2.05) is 23.7 Å². The van der Waals surface area contributed by atoms with Crippen LogP contribution in [0.4, 0.5) is 0 Å². The molecule has 1 aromatic heterocycles. The number of ether oxygens (including phenoxy) is 2. The van der Waals surface area contributed by atoms with E-state index in [9.17, 15) is 10.2 Å². The summed E-state index contributed by atoms with van der Waals surface area (Å²) in [6.07, 6.45) is -2.49. The lowest BCUT2D eigenvalue weighted by atomic mass is 10.1. The van der Waals surface area contributed by atoms with Gasteiger partial charge in [-0.3, -0.25) is 0 Å². The Labute approximate surface area is 143 Å². The highest BCUT2D eigenvalue weighted by atomic mass is 79.9. The summed E-state index contributed by atoms with van der Waals surface area (Å²) in [5, 5.41) is 29.7. The summed E-state index contributed by atoms with van der Waals surface area (Å²) in [5.41, 5.74) is 0.941. The van der Waals surface area contributed by atoms with Crippen molar-refractivity contribution in [2.75, 3.05) is 6.61 Å². The molecular weight excluding hydrogens is 422 g/mol. The van der Waals surface area contributed by atoms with E-state index in [-0.39, 0.29) is 6.61 Å². The van der Waals surface area contributed by atoms with Crippen LogP contribution in [0.15, 0.2) is 27.3 Å². The van der Waals surface area contributed by atoms with Gasteiger partial charge in [-0.25, -0.2) is 0 Å². The van der Waals surface area contributed by atoms with E-state index in [4.69, 9.17) is 14.6 Å². The molecule has 1 aliphatic heterocycles. The Hall–Kier alpha value is -0.640. The average Bonchev–Trinajstić information content (AvgIpc) is 2.92. The molecule has 0 amide bonds. The number of rotatable bonds is 3. The largest absolute Gasteiger partial charge is 0.460 e. The fraction of sp³-hybridized carbons (Fsp3) is 0.429. The quantitative estimate of drug-likeness (QED) is 0.679. The van der Waals surface area contributed by atoms with Gasteiger partial charge >= 0.3 is 0 Å². The molecule has 0 bridgehead atoms. The third-order valence-electron chi connectivity index (χ3n) is 3.74. The van der Waals surface area contributed by atoms with Gasteiger partial charge in [0.25, 0.3) is 0 Å². The van der Waals surface area contributed by atoms with Crippen LogP contribution in [0.25, 0.3) is 10.9 Å². The van der Waals surface area contributed by atoms with Crippen LogP contribution >= 0.6 is 31.9 Å². The fourth-order valence-electron chi connectivity index (χ4n) is 2.52. The molecule has 1 aliphatic rings. The first-order chi connectivity index (χ1) is 10.4. The van der Waals surface area contributed by atoms with E-state index in [0.717, 1.165) is 19.8 Å². The van der Waals surface area contributed by atoms with Gasteiger partial charge in [-0.2, -0.15) is 0 Å². The van der Waals surface area contributed by atoms with E-state index < -0.39 is 24.6 Å². The molecule has 1 fully saturated rings. The number of halogens is 2. The van der Waals surface area contributed by atoms with Crippen molar-refractivity contribution >= 4 is 42.8 Å². The number of hydrogen-bond acceptors (Lipinski definition) is 5. The predicted octanol–water partition coefficient (Wildman–Crippen LogP) is 1.52. The lowest BCUT2D eigenvalue weighted by Gasteiger charge is -2.16. The SMILES string of the molecule is Cn1cc(O[C@@H]2O[C@H](CO)[C@@H](O)[C@H]2O)c2cc(Br)c(Br)cc21. The van der Waals surface area contributed by atoms with Crippen molar-refractivity contribution in [3.8, 4) is 5.75 Å². The summed E-state index contributed by atoms with van der Waals surface area (Å²) in [5.74, 6) is 0.528. The zero-order chi connectivity index (χ0) is 16.0. The van der Waals surface area contributed by atoms with E-state index in [1.54, 1.807) is 6.20 Å². The molecule has 1 saturated heterocycles. The molecule has 3 rings (SSSR count). The molecule has 0 radical (unpaired) electrons. The molecule has 3 N–H and O–H groups in total. The van der Waals surface area contributed by atoms with Crippen LogP contribution in [-0.2, 0) is 11.8 Å². The summed E-state index contributed by atoms with van der Waals surface area (Å²) in [4.78, 5) is 0. The Bertz CT molecular complexity index is 704. The van der Waals surface area contributed by atoms with Crippen molar-refractivity contribution in [3.05, 3.63) is 27.3 Å². The molecular formula is C14H15Br2NO5. The third kappa shape index (κ3) is 2.68. The molecule has 4 atom stereocenters. The van der Waals surface area contributed by atoms with Crippen molar-refractivity contribution in [3.63, 3.8) is 0 Å². The molecule has 0 saturated carbocycles. The zero-order valence-corrected chi connectivity index (χ0v) is 14.8. The maximum absolute atomic E-state index is 9.96. The second-order valence-electron chi connectivity index (χ2n) is 5.21. The second kappa shape index (κ2) is 6.10. The minimum atomic E-state index is -1.22. The first kappa shape index (κ1) is 16.2.